The summed E-state index contributed by atoms with van der Waals surface area (Å²) in [6, 6.07) is 3.71. The molecule has 98 valence electrons. The van der Waals surface area contributed by atoms with E-state index in [2.05, 4.69) is 9.72 Å². The van der Waals surface area contributed by atoms with Gasteiger partial charge in [0.15, 0.2) is 0 Å². The molecular weight excluding hydrogens is 252 g/mol. The molecule has 0 N–H and O–H groups in total. The van der Waals surface area contributed by atoms with Gasteiger partial charge in [-0.05, 0) is 12.1 Å². The molecule has 0 aliphatic carbocycles. The summed E-state index contributed by atoms with van der Waals surface area (Å²) in [5.74, 6) is 0.0268. The minimum Gasteiger partial charge on any atom is -0.469 e. The molecule has 5 nitrogen and oxygen atoms in total. The number of pyridine rings is 1. The van der Waals surface area contributed by atoms with E-state index in [0.29, 0.717) is 12.3 Å². The first-order chi connectivity index (χ1) is 8.63. The Bertz CT molecular complexity index is 398. The lowest BCUT2D eigenvalue weighted by Gasteiger charge is -2.16. The van der Waals surface area contributed by atoms with Gasteiger partial charge in [-0.3, -0.25) is 14.6 Å². The van der Waals surface area contributed by atoms with Crippen LogP contribution in [0.25, 0.3) is 0 Å². The number of carbonyl (C=O) groups is 2. The van der Waals surface area contributed by atoms with Gasteiger partial charge in [-0.25, -0.2) is 0 Å². The highest BCUT2D eigenvalue weighted by Gasteiger charge is 2.11. The molecule has 1 rings (SSSR count). The Morgan fingerprint density at radius 3 is 2.67 bits per heavy atom. The van der Waals surface area contributed by atoms with Crippen LogP contribution in [0.2, 0.25) is 0 Å². The van der Waals surface area contributed by atoms with Gasteiger partial charge in [0, 0.05) is 30.9 Å². The molecule has 0 aliphatic rings. The molecule has 0 spiro atoms. The number of amides is 1. The Morgan fingerprint density at radius 2 is 2.06 bits per heavy atom. The van der Waals surface area contributed by atoms with Crippen molar-refractivity contribution in [1.82, 2.24) is 9.88 Å². The fourth-order valence-corrected chi connectivity index (χ4v) is 2.00. The molecule has 1 heterocycles. The number of nitrogens with zero attached hydrogens (tertiary/aromatic N) is 2. The summed E-state index contributed by atoms with van der Waals surface area (Å²) in [7, 11) is 3.02. The van der Waals surface area contributed by atoms with Crippen LogP contribution in [-0.2, 0) is 14.3 Å². The van der Waals surface area contributed by atoms with Crippen LogP contribution in [0.4, 0.5) is 0 Å². The van der Waals surface area contributed by atoms with Crippen molar-refractivity contribution in [3.05, 3.63) is 24.5 Å². The maximum Gasteiger partial charge on any atom is 0.307 e. The van der Waals surface area contributed by atoms with Crippen LogP contribution in [0.15, 0.2) is 29.4 Å². The predicted octanol–water partition coefficient (Wildman–Crippen LogP) is 1.20. The van der Waals surface area contributed by atoms with E-state index in [1.165, 1.54) is 23.8 Å². The minimum absolute atomic E-state index is 0.0132. The second-order valence-corrected chi connectivity index (χ2v) is 4.66. The summed E-state index contributed by atoms with van der Waals surface area (Å²) >= 11 is 1.45. The highest BCUT2D eigenvalue weighted by Crippen LogP contribution is 2.16. The Morgan fingerprint density at radius 1 is 1.39 bits per heavy atom. The van der Waals surface area contributed by atoms with Gasteiger partial charge in [0.1, 0.15) is 0 Å². The smallest absolute Gasteiger partial charge is 0.307 e. The Kier molecular flexibility index (Phi) is 6.21. The maximum atomic E-state index is 11.8. The Balaban J connectivity index is 2.30. The van der Waals surface area contributed by atoms with Crippen molar-refractivity contribution in [1.29, 1.82) is 0 Å². The van der Waals surface area contributed by atoms with Gasteiger partial charge < -0.3 is 9.64 Å². The molecule has 0 atom stereocenters. The summed E-state index contributed by atoms with van der Waals surface area (Å²) in [4.78, 5) is 29.1. The van der Waals surface area contributed by atoms with Gasteiger partial charge in [0.25, 0.3) is 0 Å². The molecule has 0 unspecified atom stereocenters. The largest absolute Gasteiger partial charge is 0.469 e. The number of methoxy groups -OCH3 is 1. The predicted molar refractivity (Wildman–Crippen MR) is 69.2 cm³/mol. The second kappa shape index (κ2) is 7.71. The van der Waals surface area contributed by atoms with Crippen LogP contribution in [0, 0.1) is 0 Å². The first-order valence-corrected chi connectivity index (χ1v) is 6.45. The fourth-order valence-electron chi connectivity index (χ4n) is 1.18. The molecule has 1 aromatic heterocycles. The molecule has 1 aromatic rings. The zero-order valence-corrected chi connectivity index (χ0v) is 11.3. The third-order valence-electron chi connectivity index (χ3n) is 2.32. The third-order valence-corrected chi connectivity index (χ3v) is 3.31. The normalized spacial score (nSPS) is 9.89. The van der Waals surface area contributed by atoms with E-state index >= 15 is 0 Å². The molecule has 0 bridgehead atoms. The molecule has 0 aliphatic heterocycles. The molecule has 0 aromatic carbocycles. The van der Waals surface area contributed by atoms with Crippen LogP contribution in [-0.4, -0.2) is 48.2 Å². The van der Waals surface area contributed by atoms with Gasteiger partial charge in [-0.15, -0.1) is 11.8 Å². The average Bonchev–Trinajstić information content (AvgIpc) is 2.42. The summed E-state index contributed by atoms with van der Waals surface area (Å²) in [6.45, 7) is 0.377. The number of aromatic nitrogens is 1. The molecule has 0 saturated carbocycles. The molecule has 1 amide bonds. The van der Waals surface area contributed by atoms with Crippen LogP contribution in [0.3, 0.4) is 0 Å². The van der Waals surface area contributed by atoms with E-state index in [4.69, 9.17) is 0 Å². The summed E-state index contributed by atoms with van der Waals surface area (Å²) in [5, 5.41) is 0. The van der Waals surface area contributed by atoms with Crippen molar-refractivity contribution in [2.45, 2.75) is 11.3 Å². The van der Waals surface area contributed by atoms with Gasteiger partial charge >= 0.3 is 5.97 Å². The Labute approximate surface area is 111 Å². The van der Waals surface area contributed by atoms with Gasteiger partial charge in [-0.2, -0.15) is 0 Å². The van der Waals surface area contributed by atoms with E-state index < -0.39 is 0 Å². The van der Waals surface area contributed by atoms with Crippen molar-refractivity contribution in [3.8, 4) is 0 Å². The van der Waals surface area contributed by atoms with Crippen molar-refractivity contribution in [2.75, 3.05) is 26.5 Å². The number of hydrogen-bond acceptors (Lipinski definition) is 5. The number of esters is 1. The van der Waals surface area contributed by atoms with Crippen molar-refractivity contribution >= 4 is 23.6 Å². The van der Waals surface area contributed by atoms with Gasteiger partial charge in [0.05, 0.1) is 19.3 Å². The van der Waals surface area contributed by atoms with Crippen LogP contribution >= 0.6 is 11.8 Å². The van der Waals surface area contributed by atoms with Crippen LogP contribution in [0.1, 0.15) is 6.42 Å². The molecule has 18 heavy (non-hydrogen) atoms. The number of rotatable bonds is 6. The minimum atomic E-state index is -0.309. The second-order valence-electron chi connectivity index (χ2n) is 3.61. The molecule has 0 saturated heterocycles. The van der Waals surface area contributed by atoms with E-state index in [9.17, 15) is 9.59 Å². The standard InChI is InChI=1S/C12H16N2O3S/c1-14(8-5-12(16)17-2)11(15)9-18-10-3-6-13-7-4-10/h3-4,6-7H,5,8-9H2,1-2H3. The first kappa shape index (κ1) is 14.5. The van der Waals surface area contributed by atoms with Gasteiger partial charge in [-0.1, -0.05) is 0 Å². The van der Waals surface area contributed by atoms with Gasteiger partial charge in [0.2, 0.25) is 5.91 Å². The Hall–Kier alpha value is -1.56. The molecular formula is C12H16N2O3S. The van der Waals surface area contributed by atoms with Crippen LogP contribution < -0.4 is 0 Å². The topological polar surface area (TPSA) is 59.5 Å². The summed E-state index contributed by atoms with van der Waals surface area (Å²) in [6.07, 6.45) is 3.60. The monoisotopic (exact) mass is 268 g/mol. The summed E-state index contributed by atoms with van der Waals surface area (Å²) < 4.78 is 4.52. The number of hydrogen-bond donors (Lipinski definition) is 0. The number of thioether (sulfide) groups is 1. The lowest BCUT2D eigenvalue weighted by atomic mass is 10.4. The zero-order chi connectivity index (χ0) is 13.4. The molecule has 0 radical (unpaired) electrons. The third kappa shape index (κ3) is 5.18. The maximum absolute atomic E-state index is 11.8. The van der Waals surface area contributed by atoms with Crippen LogP contribution in [0.5, 0.6) is 0 Å². The van der Waals surface area contributed by atoms with Crippen molar-refractivity contribution < 1.29 is 14.3 Å². The van der Waals surface area contributed by atoms with E-state index in [1.54, 1.807) is 19.4 Å². The van der Waals surface area contributed by atoms with E-state index in [1.807, 2.05) is 12.1 Å². The highest BCUT2D eigenvalue weighted by molar-refractivity contribution is 8.00. The van der Waals surface area contributed by atoms with E-state index in [-0.39, 0.29) is 18.3 Å². The van der Waals surface area contributed by atoms with E-state index in [0.717, 1.165) is 4.90 Å². The molecule has 6 heteroatoms. The quantitative estimate of drug-likeness (QED) is 0.573. The fraction of sp³-hybridized carbons (Fsp3) is 0.417. The number of ether oxygens (including phenoxy) is 1. The van der Waals surface area contributed by atoms with Crippen molar-refractivity contribution in [3.63, 3.8) is 0 Å². The molecule has 0 fully saturated rings. The summed E-state index contributed by atoms with van der Waals surface area (Å²) in [5.41, 5.74) is 0. The number of carbonyl (C=O) groups excluding carboxylic acids is 2. The lowest BCUT2D eigenvalue weighted by Crippen LogP contribution is -2.30. The average molecular weight is 268 g/mol. The zero-order valence-electron chi connectivity index (χ0n) is 10.5. The highest BCUT2D eigenvalue weighted by atomic mass is 32.2. The lowest BCUT2D eigenvalue weighted by molar-refractivity contribution is -0.141. The first-order valence-electron chi connectivity index (χ1n) is 5.47. The SMILES string of the molecule is COC(=O)CCN(C)C(=O)CSc1ccncc1. The van der Waals surface area contributed by atoms with Crippen molar-refractivity contribution in [2.24, 2.45) is 0 Å².